The number of hydrogen-bond acceptors (Lipinski definition) is 5. The number of nitrogens with zero attached hydrogens (tertiary/aromatic N) is 3. The predicted molar refractivity (Wildman–Crippen MR) is 59.9 cm³/mol. The zero-order valence-electron chi connectivity index (χ0n) is 9.47. The first-order chi connectivity index (χ1) is 8.31. The summed E-state index contributed by atoms with van der Waals surface area (Å²) in [5.41, 5.74) is 6.97. The van der Waals surface area contributed by atoms with Crippen molar-refractivity contribution in [3.8, 4) is 0 Å². The van der Waals surface area contributed by atoms with Crippen LogP contribution in [0.5, 0.6) is 0 Å². The minimum absolute atomic E-state index is 0.268. The summed E-state index contributed by atoms with van der Waals surface area (Å²) in [4.78, 5) is 11.3. The van der Waals surface area contributed by atoms with Crippen LogP contribution in [-0.2, 0) is 12.8 Å². The van der Waals surface area contributed by atoms with Gasteiger partial charge in [0.1, 0.15) is 0 Å². The Bertz CT molecular complexity index is 474. The number of imidazole rings is 1. The van der Waals surface area contributed by atoms with E-state index in [1.165, 1.54) is 12.8 Å². The van der Waals surface area contributed by atoms with Gasteiger partial charge in [-0.3, -0.25) is 0 Å². The van der Waals surface area contributed by atoms with Crippen molar-refractivity contribution in [1.29, 1.82) is 0 Å². The van der Waals surface area contributed by atoms with Crippen LogP contribution in [-0.4, -0.2) is 20.1 Å². The molecule has 1 aliphatic carbocycles. The molecule has 6 heteroatoms. The summed E-state index contributed by atoms with van der Waals surface area (Å²) in [7, 11) is 0. The Morgan fingerprint density at radius 3 is 3.12 bits per heavy atom. The lowest BCUT2D eigenvalue weighted by Gasteiger charge is -2.03. The summed E-state index contributed by atoms with van der Waals surface area (Å²) in [6.45, 7) is 0. The molecule has 1 unspecified atom stereocenters. The molecule has 0 spiro atoms. The number of aromatic nitrogens is 4. The van der Waals surface area contributed by atoms with Crippen LogP contribution in [0.3, 0.4) is 0 Å². The second-order valence-electron chi connectivity index (χ2n) is 4.58. The lowest BCUT2D eigenvalue weighted by Crippen LogP contribution is -2.14. The third kappa shape index (κ3) is 2.52. The van der Waals surface area contributed by atoms with Crippen LogP contribution in [0.2, 0.25) is 0 Å². The van der Waals surface area contributed by atoms with Gasteiger partial charge in [-0.1, -0.05) is 5.16 Å². The van der Waals surface area contributed by atoms with Gasteiger partial charge < -0.3 is 15.2 Å². The molecule has 1 saturated carbocycles. The first-order valence-electron chi connectivity index (χ1n) is 5.86. The van der Waals surface area contributed by atoms with Gasteiger partial charge >= 0.3 is 0 Å². The number of nitrogens with two attached hydrogens (primary N) is 1. The Kier molecular flexibility index (Phi) is 2.64. The molecule has 6 nitrogen and oxygen atoms in total. The van der Waals surface area contributed by atoms with Gasteiger partial charge in [0.2, 0.25) is 5.89 Å². The summed E-state index contributed by atoms with van der Waals surface area (Å²) in [5.74, 6) is 2.04. The third-order valence-corrected chi connectivity index (χ3v) is 2.96. The van der Waals surface area contributed by atoms with Crippen LogP contribution in [0.25, 0.3) is 0 Å². The summed E-state index contributed by atoms with van der Waals surface area (Å²) in [6, 6.07) is -0.268. The molecule has 2 aromatic rings. The third-order valence-electron chi connectivity index (χ3n) is 2.96. The first-order valence-corrected chi connectivity index (χ1v) is 5.86. The van der Waals surface area contributed by atoms with Crippen molar-refractivity contribution in [3.05, 3.63) is 29.9 Å². The molecule has 1 atom stereocenters. The summed E-state index contributed by atoms with van der Waals surface area (Å²) < 4.78 is 5.18. The van der Waals surface area contributed by atoms with E-state index in [1.807, 2.05) is 0 Å². The van der Waals surface area contributed by atoms with Gasteiger partial charge in [0.05, 0.1) is 12.4 Å². The largest absolute Gasteiger partial charge is 0.348 e. The van der Waals surface area contributed by atoms with Gasteiger partial charge in [0.15, 0.2) is 5.82 Å². The van der Waals surface area contributed by atoms with Crippen LogP contribution < -0.4 is 5.73 Å². The molecule has 0 aromatic carbocycles. The molecule has 0 aliphatic heterocycles. The van der Waals surface area contributed by atoms with E-state index in [4.69, 9.17) is 10.3 Å². The van der Waals surface area contributed by atoms with Crippen LogP contribution in [0.15, 0.2) is 17.0 Å². The minimum Gasteiger partial charge on any atom is -0.348 e. The maximum absolute atomic E-state index is 6.00. The Balaban J connectivity index is 1.63. The number of hydrogen-bond donors (Lipinski definition) is 2. The standard InChI is InChI=1S/C11H15N5O/c12-9(4-8-5-13-6-14-8)11-15-10(16-17-11)3-7-1-2-7/h5-7,9H,1-4,12H2,(H,13,14). The van der Waals surface area contributed by atoms with E-state index >= 15 is 0 Å². The van der Waals surface area contributed by atoms with E-state index in [0.29, 0.717) is 12.3 Å². The molecule has 2 heterocycles. The fourth-order valence-electron chi connectivity index (χ4n) is 1.80. The molecule has 0 saturated heterocycles. The molecule has 3 rings (SSSR count). The van der Waals surface area contributed by atoms with Gasteiger partial charge in [-0.05, 0) is 18.8 Å². The normalized spacial score (nSPS) is 17.2. The Labute approximate surface area is 98.6 Å². The highest BCUT2D eigenvalue weighted by atomic mass is 16.5. The van der Waals surface area contributed by atoms with E-state index in [1.54, 1.807) is 12.5 Å². The van der Waals surface area contributed by atoms with E-state index in [-0.39, 0.29) is 6.04 Å². The highest BCUT2D eigenvalue weighted by molar-refractivity contribution is 5.02. The molecular weight excluding hydrogens is 218 g/mol. The quantitative estimate of drug-likeness (QED) is 0.803. The maximum Gasteiger partial charge on any atom is 0.243 e. The van der Waals surface area contributed by atoms with Crippen molar-refractivity contribution >= 4 is 0 Å². The number of nitrogens with one attached hydrogen (secondary N) is 1. The molecule has 0 radical (unpaired) electrons. The van der Waals surface area contributed by atoms with Crippen LogP contribution >= 0.6 is 0 Å². The van der Waals surface area contributed by atoms with Gasteiger partial charge in [-0.15, -0.1) is 0 Å². The van der Waals surface area contributed by atoms with Crippen molar-refractivity contribution in [2.45, 2.75) is 31.7 Å². The molecule has 2 aromatic heterocycles. The molecule has 1 aliphatic rings. The van der Waals surface area contributed by atoms with Gasteiger partial charge in [0.25, 0.3) is 0 Å². The zero-order valence-corrected chi connectivity index (χ0v) is 9.47. The van der Waals surface area contributed by atoms with Crippen molar-refractivity contribution in [1.82, 2.24) is 20.1 Å². The second kappa shape index (κ2) is 4.29. The Hall–Kier alpha value is -1.69. The molecule has 90 valence electrons. The summed E-state index contributed by atoms with van der Waals surface area (Å²) >= 11 is 0. The Morgan fingerprint density at radius 2 is 2.41 bits per heavy atom. The second-order valence-corrected chi connectivity index (χ2v) is 4.58. The molecule has 17 heavy (non-hydrogen) atoms. The fourth-order valence-corrected chi connectivity index (χ4v) is 1.80. The lowest BCUT2D eigenvalue weighted by molar-refractivity contribution is 0.349. The summed E-state index contributed by atoms with van der Waals surface area (Å²) in [6.07, 6.45) is 7.50. The van der Waals surface area contributed by atoms with Crippen molar-refractivity contribution < 1.29 is 4.52 Å². The van der Waals surface area contributed by atoms with Gasteiger partial charge in [-0.2, -0.15) is 4.98 Å². The van der Waals surface area contributed by atoms with E-state index in [9.17, 15) is 0 Å². The fraction of sp³-hybridized carbons (Fsp3) is 0.545. The molecule has 0 bridgehead atoms. The van der Waals surface area contributed by atoms with Gasteiger partial charge in [-0.25, -0.2) is 4.98 Å². The monoisotopic (exact) mass is 233 g/mol. The highest BCUT2D eigenvalue weighted by Gasteiger charge is 2.25. The Morgan fingerprint density at radius 1 is 1.53 bits per heavy atom. The zero-order chi connectivity index (χ0) is 11.7. The highest BCUT2D eigenvalue weighted by Crippen LogP contribution is 2.31. The van der Waals surface area contributed by atoms with Gasteiger partial charge in [0, 0.05) is 24.7 Å². The van der Waals surface area contributed by atoms with E-state index in [2.05, 4.69) is 20.1 Å². The average Bonchev–Trinajstić information content (AvgIpc) is 2.81. The number of aromatic amines is 1. The maximum atomic E-state index is 6.00. The van der Waals surface area contributed by atoms with Crippen molar-refractivity contribution in [2.75, 3.05) is 0 Å². The van der Waals surface area contributed by atoms with Crippen molar-refractivity contribution in [3.63, 3.8) is 0 Å². The summed E-state index contributed by atoms with van der Waals surface area (Å²) in [5, 5.41) is 3.95. The van der Waals surface area contributed by atoms with E-state index < -0.39 is 0 Å². The van der Waals surface area contributed by atoms with Crippen LogP contribution in [0.4, 0.5) is 0 Å². The predicted octanol–water partition coefficient (Wildman–Crippen LogP) is 0.988. The van der Waals surface area contributed by atoms with E-state index in [0.717, 1.165) is 23.9 Å². The molecule has 3 N–H and O–H groups in total. The van der Waals surface area contributed by atoms with Crippen molar-refractivity contribution in [2.24, 2.45) is 11.7 Å². The molecule has 1 fully saturated rings. The minimum atomic E-state index is -0.268. The molecule has 0 amide bonds. The van der Waals surface area contributed by atoms with Crippen LogP contribution in [0.1, 0.15) is 36.3 Å². The molecular formula is C11H15N5O. The lowest BCUT2D eigenvalue weighted by atomic mass is 10.2. The number of rotatable bonds is 5. The SMILES string of the molecule is NC(Cc1cnc[nH]1)c1nc(CC2CC2)no1. The first kappa shape index (κ1) is 10.5. The average molecular weight is 233 g/mol. The number of H-pyrrole nitrogens is 1. The topological polar surface area (TPSA) is 93.6 Å². The van der Waals surface area contributed by atoms with Crippen LogP contribution in [0, 0.1) is 5.92 Å². The smallest absolute Gasteiger partial charge is 0.243 e.